The quantitative estimate of drug-likeness (QED) is 0.894. The van der Waals surface area contributed by atoms with Crippen LogP contribution >= 0.6 is 0 Å². The van der Waals surface area contributed by atoms with E-state index < -0.39 is 11.5 Å². The Morgan fingerprint density at radius 1 is 1.46 bits per heavy atom. The molecular formula is C17H18N4O3. The predicted octanol–water partition coefficient (Wildman–Crippen LogP) is 1.96. The molecule has 7 heteroatoms. The van der Waals surface area contributed by atoms with E-state index in [0.717, 1.165) is 17.1 Å². The molecule has 0 aliphatic carbocycles. The summed E-state index contributed by atoms with van der Waals surface area (Å²) in [6, 6.07) is 5.13. The number of rotatable bonds is 3. The maximum Gasteiger partial charge on any atom is 0.242 e. The van der Waals surface area contributed by atoms with Crippen molar-refractivity contribution in [2.45, 2.75) is 31.7 Å². The topological polar surface area (TPSA) is 99.4 Å². The zero-order chi connectivity index (χ0) is 16.9. The first kappa shape index (κ1) is 14.9. The number of benzene rings is 1. The third-order valence-corrected chi connectivity index (χ3v) is 4.55. The van der Waals surface area contributed by atoms with Gasteiger partial charge in [-0.05, 0) is 25.5 Å². The van der Waals surface area contributed by atoms with Gasteiger partial charge in [0, 0.05) is 0 Å². The highest BCUT2D eigenvalue weighted by atomic mass is 16.5. The summed E-state index contributed by atoms with van der Waals surface area (Å²) in [4.78, 5) is 20.9. The highest BCUT2D eigenvalue weighted by Gasteiger charge is 2.47. The van der Waals surface area contributed by atoms with Gasteiger partial charge in [-0.25, -0.2) is 9.97 Å². The number of hydrogen-bond donors (Lipinski definition) is 2. The number of fused-ring (bicyclic) bond motifs is 2. The number of carbonyl (C=O) groups is 1. The van der Waals surface area contributed by atoms with E-state index in [1.54, 1.807) is 0 Å². The fourth-order valence-electron chi connectivity index (χ4n) is 3.12. The van der Waals surface area contributed by atoms with Crippen LogP contribution in [0.5, 0.6) is 17.4 Å². The summed E-state index contributed by atoms with van der Waals surface area (Å²) in [5.41, 5.74) is 6.92. The van der Waals surface area contributed by atoms with Crippen LogP contribution in [0.15, 0.2) is 24.4 Å². The van der Waals surface area contributed by atoms with Crippen LogP contribution in [-0.2, 0) is 10.2 Å². The summed E-state index contributed by atoms with van der Waals surface area (Å²) in [7, 11) is 0. The number of nitrogens with zero attached hydrogens (tertiary/aromatic N) is 2. The summed E-state index contributed by atoms with van der Waals surface area (Å²) in [5.74, 6) is 2.05. The van der Waals surface area contributed by atoms with Gasteiger partial charge in [0.2, 0.25) is 11.8 Å². The molecule has 24 heavy (non-hydrogen) atoms. The summed E-state index contributed by atoms with van der Waals surface area (Å²) in [6.45, 7) is 4.35. The molecule has 1 aromatic carbocycles. The van der Waals surface area contributed by atoms with Crippen molar-refractivity contribution in [3.63, 3.8) is 0 Å². The molecule has 0 saturated carbocycles. The van der Waals surface area contributed by atoms with Crippen molar-refractivity contribution >= 4 is 11.7 Å². The van der Waals surface area contributed by atoms with Crippen molar-refractivity contribution in [3.8, 4) is 17.4 Å². The minimum absolute atomic E-state index is 0.280. The molecule has 124 valence electrons. The molecule has 2 atom stereocenters. The number of amides is 1. The van der Waals surface area contributed by atoms with E-state index in [1.165, 1.54) is 6.20 Å². The van der Waals surface area contributed by atoms with E-state index in [9.17, 15) is 4.79 Å². The SMILES string of the molecule is CC[C@@H](N)C(=O)Nc1cnc2c(n1)C1(C)COc3cccc(c31)O2. The van der Waals surface area contributed by atoms with Gasteiger partial charge in [0.25, 0.3) is 0 Å². The Hall–Kier alpha value is -2.67. The monoisotopic (exact) mass is 326 g/mol. The second kappa shape index (κ2) is 5.17. The van der Waals surface area contributed by atoms with Crippen molar-refractivity contribution in [3.05, 3.63) is 35.7 Å². The van der Waals surface area contributed by atoms with Crippen LogP contribution in [-0.4, -0.2) is 28.5 Å². The van der Waals surface area contributed by atoms with Gasteiger partial charge in [-0.1, -0.05) is 13.0 Å². The molecule has 0 radical (unpaired) electrons. The van der Waals surface area contributed by atoms with Crippen LogP contribution in [0, 0.1) is 0 Å². The van der Waals surface area contributed by atoms with E-state index in [-0.39, 0.29) is 5.91 Å². The standard InChI is InChI=1S/C17H18N4O3/c1-3-9(18)15(22)21-12-7-19-16-14(20-12)17(2)8-23-10-5-4-6-11(24-16)13(10)17/h4-7,9H,3,8,18H2,1-2H3,(H,20,21,22)/t9-,17?/m1/s1. The van der Waals surface area contributed by atoms with Gasteiger partial charge in [0.15, 0.2) is 5.82 Å². The lowest BCUT2D eigenvalue weighted by molar-refractivity contribution is -0.117. The van der Waals surface area contributed by atoms with E-state index in [2.05, 4.69) is 15.3 Å². The van der Waals surface area contributed by atoms with Crippen LogP contribution in [0.2, 0.25) is 0 Å². The Kier molecular flexibility index (Phi) is 3.21. The fourth-order valence-corrected chi connectivity index (χ4v) is 3.12. The Balaban J connectivity index is 1.74. The van der Waals surface area contributed by atoms with Gasteiger partial charge < -0.3 is 20.5 Å². The number of carbonyl (C=O) groups excluding carboxylic acids is 1. The fraction of sp³-hybridized carbons (Fsp3) is 0.353. The van der Waals surface area contributed by atoms with Gasteiger partial charge in [-0.3, -0.25) is 4.79 Å². The number of ether oxygens (including phenoxy) is 2. The molecule has 0 bridgehead atoms. The van der Waals surface area contributed by atoms with E-state index in [4.69, 9.17) is 15.2 Å². The molecule has 2 aliphatic heterocycles. The summed E-state index contributed by atoms with van der Waals surface area (Å²) in [6.07, 6.45) is 2.03. The van der Waals surface area contributed by atoms with Crippen LogP contribution in [0.4, 0.5) is 5.82 Å². The summed E-state index contributed by atoms with van der Waals surface area (Å²) < 4.78 is 11.7. The molecule has 3 N–H and O–H groups in total. The molecule has 7 nitrogen and oxygen atoms in total. The Labute approximate surface area is 139 Å². The maximum atomic E-state index is 12.0. The van der Waals surface area contributed by atoms with Crippen LogP contribution in [0.1, 0.15) is 31.5 Å². The van der Waals surface area contributed by atoms with E-state index in [0.29, 0.717) is 30.4 Å². The summed E-state index contributed by atoms with van der Waals surface area (Å²) >= 11 is 0. The van der Waals surface area contributed by atoms with Crippen molar-refractivity contribution in [1.29, 1.82) is 0 Å². The lowest BCUT2D eigenvalue weighted by Gasteiger charge is -2.30. The third-order valence-electron chi connectivity index (χ3n) is 4.55. The maximum absolute atomic E-state index is 12.0. The smallest absolute Gasteiger partial charge is 0.242 e. The van der Waals surface area contributed by atoms with E-state index in [1.807, 2.05) is 32.0 Å². The molecule has 2 aromatic rings. The Morgan fingerprint density at radius 3 is 3.04 bits per heavy atom. The highest BCUT2D eigenvalue weighted by molar-refractivity contribution is 5.93. The molecule has 0 fully saturated rings. The average Bonchev–Trinajstić information content (AvgIpc) is 2.94. The zero-order valence-electron chi connectivity index (χ0n) is 13.5. The first-order valence-corrected chi connectivity index (χ1v) is 7.91. The van der Waals surface area contributed by atoms with Crippen molar-refractivity contribution < 1.29 is 14.3 Å². The number of nitrogens with one attached hydrogen (secondary N) is 1. The second-order valence-electron chi connectivity index (χ2n) is 6.27. The number of aromatic nitrogens is 2. The molecule has 0 saturated heterocycles. The highest BCUT2D eigenvalue weighted by Crippen LogP contribution is 2.53. The second-order valence-corrected chi connectivity index (χ2v) is 6.27. The Morgan fingerprint density at radius 2 is 2.25 bits per heavy atom. The van der Waals surface area contributed by atoms with Gasteiger partial charge in [-0.15, -0.1) is 0 Å². The number of anilines is 1. The lowest BCUT2D eigenvalue weighted by atomic mass is 9.79. The van der Waals surface area contributed by atoms with Crippen molar-refractivity contribution in [2.24, 2.45) is 5.73 Å². The normalized spacial score (nSPS) is 21.1. The molecular weight excluding hydrogens is 308 g/mol. The number of nitrogens with two attached hydrogens (primary N) is 1. The van der Waals surface area contributed by atoms with Gasteiger partial charge in [0.1, 0.15) is 23.8 Å². The minimum atomic E-state index is -0.572. The molecule has 1 aromatic heterocycles. The Bertz CT molecular complexity index is 839. The first-order valence-electron chi connectivity index (χ1n) is 7.91. The van der Waals surface area contributed by atoms with Crippen LogP contribution in [0.25, 0.3) is 0 Å². The van der Waals surface area contributed by atoms with Crippen LogP contribution < -0.4 is 20.5 Å². The molecule has 0 spiro atoms. The average molecular weight is 326 g/mol. The van der Waals surface area contributed by atoms with E-state index >= 15 is 0 Å². The van der Waals surface area contributed by atoms with Crippen LogP contribution in [0.3, 0.4) is 0 Å². The lowest BCUT2D eigenvalue weighted by Crippen LogP contribution is -2.36. The van der Waals surface area contributed by atoms with Gasteiger partial charge in [0.05, 0.1) is 23.2 Å². The molecule has 4 rings (SSSR count). The first-order chi connectivity index (χ1) is 11.5. The molecule has 1 amide bonds. The van der Waals surface area contributed by atoms with Crippen molar-refractivity contribution in [2.75, 3.05) is 11.9 Å². The van der Waals surface area contributed by atoms with Crippen molar-refractivity contribution in [1.82, 2.24) is 9.97 Å². The van der Waals surface area contributed by atoms with Gasteiger partial charge in [-0.2, -0.15) is 0 Å². The molecule has 2 aliphatic rings. The predicted molar refractivity (Wildman–Crippen MR) is 87.4 cm³/mol. The third kappa shape index (κ3) is 2.05. The molecule has 3 heterocycles. The number of hydrogen-bond acceptors (Lipinski definition) is 6. The molecule has 1 unspecified atom stereocenters. The largest absolute Gasteiger partial charge is 0.492 e. The summed E-state index contributed by atoms with van der Waals surface area (Å²) in [5, 5.41) is 2.71. The zero-order valence-corrected chi connectivity index (χ0v) is 13.5. The minimum Gasteiger partial charge on any atom is -0.492 e. The van der Waals surface area contributed by atoms with Gasteiger partial charge >= 0.3 is 0 Å².